The zero-order valence-electron chi connectivity index (χ0n) is 11.5. The Hall–Kier alpha value is -1.78. The van der Waals surface area contributed by atoms with Crippen LogP contribution >= 0.6 is 0 Å². The number of hydrogen-bond acceptors (Lipinski definition) is 4. The summed E-state index contributed by atoms with van der Waals surface area (Å²) < 4.78 is 0. The summed E-state index contributed by atoms with van der Waals surface area (Å²) in [5.74, 6) is 0.658. The number of rotatable bonds is 5. The van der Waals surface area contributed by atoms with Gasteiger partial charge in [0.2, 0.25) is 5.91 Å². The van der Waals surface area contributed by atoms with Crippen molar-refractivity contribution in [3.05, 3.63) is 17.8 Å². The number of aromatic nitrogens is 1. The second kappa shape index (κ2) is 6.23. The first-order valence-electron chi connectivity index (χ1n) is 6.21. The second-order valence-corrected chi connectivity index (χ2v) is 4.60. The lowest BCUT2D eigenvalue weighted by Gasteiger charge is -2.23. The molecule has 5 nitrogen and oxygen atoms in total. The van der Waals surface area contributed by atoms with Crippen molar-refractivity contribution in [2.24, 2.45) is 0 Å². The van der Waals surface area contributed by atoms with E-state index in [0.717, 1.165) is 5.69 Å². The Morgan fingerprint density at radius 3 is 2.72 bits per heavy atom. The minimum Gasteiger partial charge on any atom is -0.396 e. The van der Waals surface area contributed by atoms with Gasteiger partial charge in [-0.1, -0.05) is 0 Å². The number of nitrogens with two attached hydrogens (primary N) is 1. The van der Waals surface area contributed by atoms with Crippen molar-refractivity contribution in [1.82, 2.24) is 10.3 Å². The van der Waals surface area contributed by atoms with Gasteiger partial charge >= 0.3 is 0 Å². The van der Waals surface area contributed by atoms with E-state index in [1.807, 2.05) is 44.7 Å². The van der Waals surface area contributed by atoms with Gasteiger partial charge in [0, 0.05) is 18.3 Å². The number of carbonyl (C=O) groups is 1. The fourth-order valence-corrected chi connectivity index (χ4v) is 1.68. The number of nitrogen functional groups attached to an aromatic ring is 1. The largest absolute Gasteiger partial charge is 0.396 e. The van der Waals surface area contributed by atoms with E-state index in [1.165, 1.54) is 0 Å². The molecule has 5 heteroatoms. The fourth-order valence-electron chi connectivity index (χ4n) is 1.68. The first kappa shape index (κ1) is 14.3. The molecule has 0 aliphatic rings. The maximum Gasteiger partial charge on any atom is 0.239 e. The number of carbonyl (C=O) groups excluding carboxylic acids is 1. The molecule has 0 saturated heterocycles. The van der Waals surface area contributed by atoms with Gasteiger partial charge in [0.1, 0.15) is 0 Å². The molecule has 1 amide bonds. The normalized spacial score (nSPS) is 10.5. The van der Waals surface area contributed by atoms with Crippen molar-refractivity contribution in [2.75, 3.05) is 23.7 Å². The quantitative estimate of drug-likeness (QED) is 0.827. The molecule has 1 aromatic heterocycles. The van der Waals surface area contributed by atoms with Gasteiger partial charge in [-0.25, -0.2) is 4.98 Å². The predicted molar refractivity (Wildman–Crippen MR) is 74.6 cm³/mol. The topological polar surface area (TPSA) is 71.2 Å². The van der Waals surface area contributed by atoms with Gasteiger partial charge in [-0.3, -0.25) is 4.79 Å². The first-order chi connectivity index (χ1) is 8.43. The molecule has 0 saturated carbocycles. The van der Waals surface area contributed by atoms with Crippen LogP contribution in [0, 0.1) is 6.92 Å². The Morgan fingerprint density at radius 1 is 1.50 bits per heavy atom. The van der Waals surface area contributed by atoms with Crippen LogP contribution in [0.1, 0.15) is 26.5 Å². The van der Waals surface area contributed by atoms with Gasteiger partial charge in [0.25, 0.3) is 0 Å². The number of anilines is 2. The number of aryl methyl sites for hydroxylation is 1. The maximum absolute atomic E-state index is 11.8. The van der Waals surface area contributed by atoms with E-state index in [2.05, 4.69) is 10.3 Å². The summed E-state index contributed by atoms with van der Waals surface area (Å²) in [6, 6.07) is 3.82. The van der Waals surface area contributed by atoms with Gasteiger partial charge < -0.3 is 16.0 Å². The number of nitrogens with one attached hydrogen (secondary N) is 1. The van der Waals surface area contributed by atoms with Crippen LogP contribution in [-0.2, 0) is 4.79 Å². The van der Waals surface area contributed by atoms with Crippen molar-refractivity contribution < 1.29 is 4.79 Å². The van der Waals surface area contributed by atoms with E-state index < -0.39 is 0 Å². The number of hydrogen-bond donors (Lipinski definition) is 2. The highest BCUT2D eigenvalue weighted by Gasteiger charge is 2.14. The Morgan fingerprint density at radius 2 is 2.17 bits per heavy atom. The molecule has 1 rings (SSSR count). The summed E-state index contributed by atoms with van der Waals surface area (Å²) in [7, 11) is 0. The molecule has 0 fully saturated rings. The molecule has 0 unspecified atom stereocenters. The fraction of sp³-hybridized carbons (Fsp3) is 0.538. The predicted octanol–water partition coefficient (Wildman–Crippen LogP) is 1.32. The molecule has 0 bridgehead atoms. The molecule has 0 aliphatic heterocycles. The average Bonchev–Trinajstić information content (AvgIpc) is 2.28. The summed E-state index contributed by atoms with van der Waals surface area (Å²) >= 11 is 0. The van der Waals surface area contributed by atoms with Crippen molar-refractivity contribution >= 4 is 17.4 Å². The number of nitrogens with zero attached hydrogens (tertiary/aromatic N) is 2. The van der Waals surface area contributed by atoms with Crippen LogP contribution in [0.5, 0.6) is 0 Å². The molecule has 0 spiro atoms. The molecule has 0 aromatic carbocycles. The molecule has 100 valence electrons. The van der Waals surface area contributed by atoms with Gasteiger partial charge in [-0.05, 0) is 39.8 Å². The molecule has 0 radical (unpaired) electrons. The zero-order chi connectivity index (χ0) is 13.7. The van der Waals surface area contributed by atoms with E-state index in [9.17, 15) is 4.79 Å². The highest BCUT2D eigenvalue weighted by Crippen LogP contribution is 2.20. The average molecular weight is 250 g/mol. The summed E-state index contributed by atoms with van der Waals surface area (Å²) in [6.45, 7) is 8.72. The molecule has 18 heavy (non-hydrogen) atoms. The lowest BCUT2D eigenvalue weighted by molar-refractivity contribution is -0.120. The second-order valence-electron chi connectivity index (χ2n) is 4.60. The third-order valence-corrected chi connectivity index (χ3v) is 2.51. The van der Waals surface area contributed by atoms with E-state index in [4.69, 9.17) is 5.73 Å². The van der Waals surface area contributed by atoms with Gasteiger partial charge in [-0.15, -0.1) is 0 Å². The van der Waals surface area contributed by atoms with E-state index in [-0.39, 0.29) is 18.5 Å². The minimum absolute atomic E-state index is 0.0189. The van der Waals surface area contributed by atoms with Gasteiger partial charge in [-0.2, -0.15) is 0 Å². The monoisotopic (exact) mass is 250 g/mol. The lowest BCUT2D eigenvalue weighted by atomic mass is 10.3. The third kappa shape index (κ3) is 3.91. The van der Waals surface area contributed by atoms with E-state index >= 15 is 0 Å². The Balaban J connectivity index is 2.83. The summed E-state index contributed by atoms with van der Waals surface area (Å²) in [5, 5.41) is 2.86. The van der Waals surface area contributed by atoms with Crippen molar-refractivity contribution in [3.8, 4) is 0 Å². The van der Waals surface area contributed by atoms with Gasteiger partial charge in [0.05, 0.1) is 12.2 Å². The van der Waals surface area contributed by atoms with Crippen LogP contribution in [0.25, 0.3) is 0 Å². The molecule has 1 heterocycles. The number of amides is 1. The van der Waals surface area contributed by atoms with Crippen LogP contribution < -0.4 is 16.0 Å². The summed E-state index contributed by atoms with van der Waals surface area (Å²) in [4.78, 5) is 18.0. The lowest BCUT2D eigenvalue weighted by Crippen LogP contribution is -2.40. The molecule has 3 N–H and O–H groups in total. The molecular formula is C13H22N4O. The van der Waals surface area contributed by atoms with Crippen LogP contribution in [0.15, 0.2) is 12.1 Å². The van der Waals surface area contributed by atoms with Crippen LogP contribution in [0.3, 0.4) is 0 Å². The highest BCUT2D eigenvalue weighted by molar-refractivity contribution is 5.82. The van der Waals surface area contributed by atoms with Crippen LogP contribution in [0.2, 0.25) is 0 Å². The van der Waals surface area contributed by atoms with Crippen LogP contribution in [0.4, 0.5) is 11.5 Å². The number of pyridine rings is 1. The van der Waals surface area contributed by atoms with Crippen LogP contribution in [-0.4, -0.2) is 30.0 Å². The molecule has 0 atom stereocenters. The SMILES string of the molecule is CCN(CC(=O)NC(C)C)c1nc(C)ccc1N. The zero-order valence-corrected chi connectivity index (χ0v) is 11.5. The Labute approximate surface area is 108 Å². The van der Waals surface area contributed by atoms with E-state index in [0.29, 0.717) is 18.1 Å². The Bertz CT molecular complexity index is 417. The maximum atomic E-state index is 11.8. The summed E-state index contributed by atoms with van der Waals surface area (Å²) in [6.07, 6.45) is 0. The van der Waals surface area contributed by atoms with Crippen molar-refractivity contribution in [3.63, 3.8) is 0 Å². The van der Waals surface area contributed by atoms with Gasteiger partial charge in [0.15, 0.2) is 5.82 Å². The number of likely N-dealkylation sites (N-methyl/N-ethyl adjacent to an activating group) is 1. The third-order valence-electron chi connectivity index (χ3n) is 2.51. The minimum atomic E-state index is -0.0189. The van der Waals surface area contributed by atoms with Crippen molar-refractivity contribution in [1.29, 1.82) is 0 Å². The van der Waals surface area contributed by atoms with E-state index in [1.54, 1.807) is 0 Å². The van der Waals surface area contributed by atoms with Crippen molar-refractivity contribution in [2.45, 2.75) is 33.7 Å². The standard InChI is InChI=1S/C13H22N4O/c1-5-17(8-12(18)15-9(2)3)13-11(14)7-6-10(4)16-13/h6-7,9H,5,8,14H2,1-4H3,(H,15,18). The first-order valence-corrected chi connectivity index (χ1v) is 6.21. The highest BCUT2D eigenvalue weighted by atomic mass is 16.2. The molecule has 0 aliphatic carbocycles. The summed E-state index contributed by atoms with van der Waals surface area (Å²) in [5.41, 5.74) is 7.39. The smallest absolute Gasteiger partial charge is 0.239 e. The molecule has 1 aromatic rings. The molecular weight excluding hydrogens is 228 g/mol. The Kier molecular flexibility index (Phi) is 4.95.